The molecular weight excluding hydrogens is 363 g/mol. The van der Waals surface area contributed by atoms with Crippen LogP contribution in [0.1, 0.15) is 23.1 Å². The van der Waals surface area contributed by atoms with Gasteiger partial charge in [0, 0.05) is 23.6 Å². The predicted molar refractivity (Wildman–Crippen MR) is 88.9 cm³/mol. The minimum Gasteiger partial charge on any atom is -0.295 e. The summed E-state index contributed by atoms with van der Waals surface area (Å²) >= 11 is 0. The summed E-state index contributed by atoms with van der Waals surface area (Å²) in [5.41, 5.74) is 0.672. The van der Waals surface area contributed by atoms with Gasteiger partial charge in [0.1, 0.15) is 0 Å². The van der Waals surface area contributed by atoms with Crippen molar-refractivity contribution in [3.8, 4) is 5.69 Å². The Labute approximate surface area is 148 Å². The highest BCUT2D eigenvalue weighted by molar-refractivity contribution is 5.94. The van der Waals surface area contributed by atoms with Gasteiger partial charge in [-0.3, -0.25) is 14.2 Å². The van der Waals surface area contributed by atoms with E-state index in [9.17, 15) is 22.8 Å². The minimum absolute atomic E-state index is 0.0827. The van der Waals surface area contributed by atoms with E-state index in [0.29, 0.717) is 11.3 Å². The molecule has 0 atom stereocenters. The second kappa shape index (κ2) is 5.73. The normalized spacial score (nSPS) is 12.0. The SMILES string of the molecule is CC(=O)c1ccc(-n2ccc3c(cnc4nc(C(F)(F)F)nn43)c2=O)cc1. The van der Waals surface area contributed by atoms with Gasteiger partial charge in [-0.15, -0.1) is 5.10 Å². The van der Waals surface area contributed by atoms with Gasteiger partial charge in [-0.2, -0.15) is 22.7 Å². The van der Waals surface area contributed by atoms with Crippen LogP contribution in [0.15, 0.2) is 47.5 Å². The Balaban J connectivity index is 1.90. The van der Waals surface area contributed by atoms with Crippen molar-refractivity contribution >= 4 is 22.5 Å². The lowest BCUT2D eigenvalue weighted by Crippen LogP contribution is -2.19. The van der Waals surface area contributed by atoms with Crippen LogP contribution in [-0.4, -0.2) is 29.9 Å². The summed E-state index contributed by atoms with van der Waals surface area (Å²) in [6.07, 6.45) is -2.13. The summed E-state index contributed by atoms with van der Waals surface area (Å²) in [6.45, 7) is 1.43. The molecule has 1 aromatic carbocycles. The van der Waals surface area contributed by atoms with Crippen LogP contribution in [0.2, 0.25) is 0 Å². The number of fused-ring (bicyclic) bond motifs is 3. The zero-order chi connectivity index (χ0) is 19.3. The smallest absolute Gasteiger partial charge is 0.295 e. The Kier molecular flexibility index (Phi) is 3.58. The number of carbonyl (C=O) groups excluding carboxylic acids is 1. The summed E-state index contributed by atoms with van der Waals surface area (Å²) in [5, 5.41) is 3.50. The van der Waals surface area contributed by atoms with E-state index < -0.39 is 17.6 Å². The Morgan fingerprint density at radius 2 is 1.81 bits per heavy atom. The molecule has 0 fully saturated rings. The average Bonchev–Trinajstić information content (AvgIpc) is 3.07. The lowest BCUT2D eigenvalue weighted by molar-refractivity contribution is -0.144. The molecule has 0 saturated carbocycles. The van der Waals surface area contributed by atoms with E-state index >= 15 is 0 Å². The van der Waals surface area contributed by atoms with Crippen molar-refractivity contribution in [3.63, 3.8) is 0 Å². The van der Waals surface area contributed by atoms with Crippen molar-refractivity contribution in [1.29, 1.82) is 0 Å². The summed E-state index contributed by atoms with van der Waals surface area (Å²) in [6, 6.07) is 7.84. The average molecular weight is 373 g/mol. The van der Waals surface area contributed by atoms with E-state index in [1.54, 1.807) is 24.3 Å². The van der Waals surface area contributed by atoms with Gasteiger partial charge in [0.2, 0.25) is 0 Å². The molecule has 7 nitrogen and oxygen atoms in total. The quantitative estimate of drug-likeness (QED) is 0.505. The largest absolute Gasteiger partial charge is 0.453 e. The molecular formula is C17H10F3N5O2. The van der Waals surface area contributed by atoms with Crippen molar-refractivity contribution in [2.24, 2.45) is 0 Å². The molecule has 0 aliphatic heterocycles. The third-order valence-corrected chi connectivity index (χ3v) is 4.04. The van der Waals surface area contributed by atoms with E-state index in [1.807, 2.05) is 0 Å². The molecule has 0 unspecified atom stereocenters. The molecule has 27 heavy (non-hydrogen) atoms. The predicted octanol–water partition coefficient (Wildman–Crippen LogP) is 2.65. The number of alkyl halides is 3. The molecule has 0 N–H and O–H groups in total. The van der Waals surface area contributed by atoms with E-state index in [1.165, 1.54) is 30.0 Å². The first-order chi connectivity index (χ1) is 12.8. The molecule has 0 saturated heterocycles. The monoisotopic (exact) mass is 373 g/mol. The molecule has 10 heteroatoms. The lowest BCUT2D eigenvalue weighted by Gasteiger charge is -2.08. The lowest BCUT2D eigenvalue weighted by atomic mass is 10.1. The summed E-state index contributed by atoms with van der Waals surface area (Å²) < 4.78 is 40.7. The van der Waals surface area contributed by atoms with Crippen LogP contribution < -0.4 is 5.56 Å². The molecule has 0 aliphatic rings. The van der Waals surface area contributed by atoms with Gasteiger partial charge < -0.3 is 0 Å². The summed E-state index contributed by atoms with van der Waals surface area (Å²) in [5.74, 6) is -1.69. The van der Waals surface area contributed by atoms with E-state index in [2.05, 4.69) is 15.1 Å². The Bertz CT molecular complexity index is 1260. The third kappa shape index (κ3) is 2.75. The second-order valence-corrected chi connectivity index (χ2v) is 5.80. The Morgan fingerprint density at radius 1 is 1.11 bits per heavy atom. The van der Waals surface area contributed by atoms with Crippen LogP contribution in [0.4, 0.5) is 13.2 Å². The topological polar surface area (TPSA) is 82.2 Å². The van der Waals surface area contributed by atoms with Gasteiger partial charge in [0.25, 0.3) is 17.2 Å². The zero-order valence-electron chi connectivity index (χ0n) is 13.7. The number of hydrogen-bond donors (Lipinski definition) is 0. The fourth-order valence-electron chi connectivity index (χ4n) is 2.70. The Morgan fingerprint density at radius 3 is 2.44 bits per heavy atom. The van der Waals surface area contributed by atoms with Crippen molar-refractivity contribution < 1.29 is 18.0 Å². The van der Waals surface area contributed by atoms with Crippen LogP contribution in [0.3, 0.4) is 0 Å². The molecule has 0 spiro atoms. The zero-order valence-corrected chi connectivity index (χ0v) is 13.7. The van der Waals surface area contributed by atoms with Crippen LogP contribution in [-0.2, 0) is 6.18 Å². The number of rotatable bonds is 2. The maximum atomic E-state index is 12.8. The highest BCUT2D eigenvalue weighted by Gasteiger charge is 2.36. The van der Waals surface area contributed by atoms with Gasteiger partial charge in [0.05, 0.1) is 10.9 Å². The van der Waals surface area contributed by atoms with Crippen LogP contribution in [0.5, 0.6) is 0 Å². The fraction of sp³-hybridized carbons (Fsp3) is 0.118. The van der Waals surface area contributed by atoms with E-state index in [-0.39, 0.29) is 22.5 Å². The fourth-order valence-corrected chi connectivity index (χ4v) is 2.70. The summed E-state index contributed by atoms with van der Waals surface area (Å²) in [4.78, 5) is 31.3. The number of carbonyl (C=O) groups is 1. The third-order valence-electron chi connectivity index (χ3n) is 4.04. The molecule has 0 radical (unpaired) electrons. The molecule has 4 aromatic rings. The van der Waals surface area contributed by atoms with Gasteiger partial charge in [-0.1, -0.05) is 0 Å². The number of Topliss-reactive ketones (excluding diaryl/α,β-unsaturated/α-hetero) is 1. The van der Waals surface area contributed by atoms with Crippen LogP contribution in [0.25, 0.3) is 22.4 Å². The van der Waals surface area contributed by atoms with E-state index in [0.717, 1.165) is 4.52 Å². The number of nitrogens with zero attached hydrogens (tertiary/aromatic N) is 5. The minimum atomic E-state index is -4.71. The molecule has 0 bridgehead atoms. The molecule has 4 rings (SSSR count). The van der Waals surface area contributed by atoms with Crippen LogP contribution in [0, 0.1) is 0 Å². The first-order valence-corrected chi connectivity index (χ1v) is 7.71. The Hall–Kier alpha value is -3.56. The summed E-state index contributed by atoms with van der Waals surface area (Å²) in [7, 11) is 0. The van der Waals surface area contributed by atoms with Crippen molar-refractivity contribution in [2.75, 3.05) is 0 Å². The first kappa shape index (κ1) is 16.9. The number of aromatic nitrogens is 5. The molecule has 0 amide bonds. The van der Waals surface area contributed by atoms with E-state index in [4.69, 9.17) is 0 Å². The number of ketones is 1. The second-order valence-electron chi connectivity index (χ2n) is 5.80. The van der Waals surface area contributed by atoms with Crippen molar-refractivity contribution in [3.05, 3.63) is 64.5 Å². The van der Waals surface area contributed by atoms with Gasteiger partial charge in [-0.05, 0) is 37.3 Å². The number of halogens is 3. The highest BCUT2D eigenvalue weighted by Crippen LogP contribution is 2.26. The maximum Gasteiger partial charge on any atom is 0.453 e. The molecule has 3 aromatic heterocycles. The molecule has 0 aliphatic carbocycles. The van der Waals surface area contributed by atoms with Crippen molar-refractivity contribution in [2.45, 2.75) is 13.1 Å². The van der Waals surface area contributed by atoms with Crippen LogP contribution >= 0.6 is 0 Å². The maximum absolute atomic E-state index is 12.8. The number of benzene rings is 1. The molecule has 136 valence electrons. The van der Waals surface area contributed by atoms with Gasteiger partial charge in [0.15, 0.2) is 5.78 Å². The number of pyridine rings is 1. The standard InChI is InChI=1S/C17H10F3N5O2/c1-9(26)10-2-4-11(5-3-10)24-7-6-13-12(14(24)27)8-21-16-22-15(17(18,19)20)23-25(13)16/h2-8H,1H3. The molecule has 3 heterocycles. The van der Waals surface area contributed by atoms with Crippen molar-refractivity contribution in [1.82, 2.24) is 24.1 Å². The van der Waals surface area contributed by atoms with Gasteiger partial charge >= 0.3 is 6.18 Å². The highest BCUT2D eigenvalue weighted by atomic mass is 19.4. The number of hydrogen-bond acceptors (Lipinski definition) is 5. The first-order valence-electron chi connectivity index (χ1n) is 7.71. The van der Waals surface area contributed by atoms with Gasteiger partial charge in [-0.25, -0.2) is 4.98 Å².